The highest BCUT2D eigenvalue weighted by Gasteiger charge is 2.08. The standard InChI is InChI=1S/C21H21NO3/c1-24-20-9-5-8-17(14-23)21(20)22-18-10-12-19(13-11-18)25-15-16-6-3-2-4-7-16/h2-13,22-23H,14-15H2,1H3. The Labute approximate surface area is 147 Å². The Bertz CT molecular complexity index is 779. The number of nitrogens with one attached hydrogen (secondary N) is 1. The maximum absolute atomic E-state index is 9.52. The van der Waals surface area contributed by atoms with Gasteiger partial charge in [0.15, 0.2) is 0 Å². The molecule has 0 aliphatic carbocycles. The van der Waals surface area contributed by atoms with Crippen LogP contribution in [0, 0.1) is 0 Å². The summed E-state index contributed by atoms with van der Waals surface area (Å²) in [7, 11) is 1.61. The predicted molar refractivity (Wildman–Crippen MR) is 99.4 cm³/mol. The third-order valence-corrected chi connectivity index (χ3v) is 3.87. The van der Waals surface area contributed by atoms with Crippen LogP contribution in [0.25, 0.3) is 0 Å². The summed E-state index contributed by atoms with van der Waals surface area (Å²) in [5.41, 5.74) is 3.58. The van der Waals surface area contributed by atoms with Crippen LogP contribution in [0.15, 0.2) is 72.8 Å². The van der Waals surface area contributed by atoms with Crippen LogP contribution < -0.4 is 14.8 Å². The lowest BCUT2D eigenvalue weighted by molar-refractivity contribution is 0.282. The molecular weight excluding hydrogens is 314 g/mol. The molecule has 0 bridgehead atoms. The summed E-state index contributed by atoms with van der Waals surface area (Å²) in [6.45, 7) is 0.479. The van der Waals surface area contributed by atoms with Gasteiger partial charge >= 0.3 is 0 Å². The van der Waals surface area contributed by atoms with Gasteiger partial charge in [0.2, 0.25) is 0 Å². The minimum Gasteiger partial charge on any atom is -0.495 e. The summed E-state index contributed by atoms with van der Waals surface area (Å²) in [5.74, 6) is 1.49. The Morgan fingerprint density at radius 2 is 1.64 bits per heavy atom. The molecule has 0 aliphatic heterocycles. The Morgan fingerprint density at radius 1 is 0.880 bits per heavy atom. The van der Waals surface area contributed by atoms with Crippen LogP contribution >= 0.6 is 0 Å². The zero-order valence-electron chi connectivity index (χ0n) is 14.1. The molecule has 0 unspecified atom stereocenters. The molecule has 0 saturated heterocycles. The number of ether oxygens (including phenoxy) is 2. The van der Waals surface area contributed by atoms with Gasteiger partial charge < -0.3 is 19.9 Å². The van der Waals surface area contributed by atoms with Crippen molar-refractivity contribution >= 4 is 11.4 Å². The normalized spacial score (nSPS) is 10.3. The highest BCUT2D eigenvalue weighted by atomic mass is 16.5. The molecule has 3 rings (SSSR count). The van der Waals surface area contributed by atoms with Gasteiger partial charge in [-0.25, -0.2) is 0 Å². The largest absolute Gasteiger partial charge is 0.495 e. The number of anilines is 2. The molecule has 25 heavy (non-hydrogen) atoms. The van der Waals surface area contributed by atoms with Crippen molar-refractivity contribution in [3.05, 3.63) is 83.9 Å². The fourth-order valence-electron chi connectivity index (χ4n) is 2.54. The first-order valence-corrected chi connectivity index (χ1v) is 8.10. The second-order valence-corrected chi connectivity index (χ2v) is 5.58. The Morgan fingerprint density at radius 3 is 2.32 bits per heavy atom. The highest BCUT2D eigenvalue weighted by Crippen LogP contribution is 2.32. The van der Waals surface area contributed by atoms with Crippen LogP contribution in [0.2, 0.25) is 0 Å². The Hall–Kier alpha value is -2.98. The molecule has 0 aliphatic rings. The minimum absolute atomic E-state index is 0.0577. The van der Waals surface area contributed by atoms with Crippen LogP contribution in [-0.4, -0.2) is 12.2 Å². The lowest BCUT2D eigenvalue weighted by Gasteiger charge is -2.15. The van der Waals surface area contributed by atoms with Gasteiger partial charge in [0.25, 0.3) is 0 Å². The third-order valence-electron chi connectivity index (χ3n) is 3.87. The lowest BCUT2D eigenvalue weighted by atomic mass is 10.1. The van der Waals surface area contributed by atoms with Crippen LogP contribution in [0.4, 0.5) is 11.4 Å². The molecule has 4 heteroatoms. The van der Waals surface area contributed by atoms with Gasteiger partial charge in [-0.2, -0.15) is 0 Å². The monoisotopic (exact) mass is 335 g/mol. The number of aliphatic hydroxyl groups excluding tert-OH is 1. The van der Waals surface area contributed by atoms with E-state index in [0.717, 1.165) is 28.3 Å². The zero-order valence-corrected chi connectivity index (χ0v) is 14.1. The van der Waals surface area contributed by atoms with E-state index in [-0.39, 0.29) is 6.61 Å². The predicted octanol–water partition coefficient (Wildman–Crippen LogP) is 4.51. The first-order chi connectivity index (χ1) is 12.3. The van der Waals surface area contributed by atoms with Crippen LogP contribution in [-0.2, 0) is 13.2 Å². The summed E-state index contributed by atoms with van der Waals surface area (Å²) >= 11 is 0. The molecule has 2 N–H and O–H groups in total. The van der Waals surface area contributed by atoms with Crippen molar-refractivity contribution < 1.29 is 14.6 Å². The number of hydrogen-bond donors (Lipinski definition) is 2. The number of methoxy groups -OCH3 is 1. The number of para-hydroxylation sites is 1. The van der Waals surface area contributed by atoms with Crippen LogP contribution in [0.1, 0.15) is 11.1 Å². The summed E-state index contributed by atoms with van der Waals surface area (Å²) < 4.78 is 11.2. The number of hydrogen-bond acceptors (Lipinski definition) is 4. The zero-order chi connectivity index (χ0) is 17.5. The molecule has 0 amide bonds. The Kier molecular flexibility index (Phi) is 5.54. The molecule has 0 heterocycles. The van der Waals surface area contributed by atoms with E-state index in [1.54, 1.807) is 7.11 Å². The second kappa shape index (κ2) is 8.22. The van der Waals surface area contributed by atoms with Gasteiger partial charge in [-0.3, -0.25) is 0 Å². The number of rotatable bonds is 7. The average molecular weight is 335 g/mol. The van der Waals surface area contributed by atoms with Gasteiger partial charge in [0.1, 0.15) is 18.1 Å². The van der Waals surface area contributed by atoms with E-state index in [0.29, 0.717) is 12.4 Å². The Balaban J connectivity index is 1.69. The fraction of sp³-hybridized carbons (Fsp3) is 0.143. The van der Waals surface area contributed by atoms with Crippen molar-refractivity contribution in [2.75, 3.05) is 12.4 Å². The molecule has 128 valence electrons. The van der Waals surface area contributed by atoms with E-state index in [4.69, 9.17) is 9.47 Å². The van der Waals surface area contributed by atoms with E-state index in [9.17, 15) is 5.11 Å². The lowest BCUT2D eigenvalue weighted by Crippen LogP contribution is -2.00. The van der Waals surface area contributed by atoms with E-state index in [1.165, 1.54) is 0 Å². The van der Waals surface area contributed by atoms with Crippen LogP contribution in [0.5, 0.6) is 11.5 Å². The molecular formula is C21H21NO3. The maximum Gasteiger partial charge on any atom is 0.142 e. The summed E-state index contributed by atoms with van der Waals surface area (Å²) in [5, 5.41) is 12.8. The van der Waals surface area contributed by atoms with E-state index < -0.39 is 0 Å². The first kappa shape index (κ1) is 16.9. The molecule has 3 aromatic carbocycles. The minimum atomic E-state index is -0.0577. The molecule has 0 aromatic heterocycles. The average Bonchev–Trinajstić information content (AvgIpc) is 2.68. The fourth-order valence-corrected chi connectivity index (χ4v) is 2.54. The quantitative estimate of drug-likeness (QED) is 0.667. The van der Waals surface area contributed by atoms with Crippen molar-refractivity contribution in [1.82, 2.24) is 0 Å². The van der Waals surface area contributed by atoms with Crippen molar-refractivity contribution in [3.8, 4) is 11.5 Å². The molecule has 4 nitrogen and oxygen atoms in total. The molecule has 3 aromatic rings. The van der Waals surface area contributed by atoms with E-state index in [2.05, 4.69) is 5.32 Å². The molecule has 0 fully saturated rings. The summed E-state index contributed by atoms with van der Waals surface area (Å²) in [6.07, 6.45) is 0. The van der Waals surface area contributed by atoms with E-state index in [1.807, 2.05) is 72.8 Å². The van der Waals surface area contributed by atoms with Gasteiger partial charge in [-0.05, 0) is 35.9 Å². The molecule has 0 spiro atoms. The summed E-state index contributed by atoms with van der Waals surface area (Å²) in [6, 6.07) is 23.3. The van der Waals surface area contributed by atoms with Gasteiger partial charge in [-0.15, -0.1) is 0 Å². The van der Waals surface area contributed by atoms with Crippen molar-refractivity contribution in [2.45, 2.75) is 13.2 Å². The van der Waals surface area contributed by atoms with E-state index >= 15 is 0 Å². The molecule has 0 saturated carbocycles. The maximum atomic E-state index is 9.52. The summed E-state index contributed by atoms with van der Waals surface area (Å²) in [4.78, 5) is 0. The number of benzene rings is 3. The van der Waals surface area contributed by atoms with Crippen molar-refractivity contribution in [1.29, 1.82) is 0 Å². The van der Waals surface area contributed by atoms with Gasteiger partial charge in [-0.1, -0.05) is 42.5 Å². The highest BCUT2D eigenvalue weighted by molar-refractivity contribution is 5.70. The SMILES string of the molecule is COc1cccc(CO)c1Nc1ccc(OCc2ccccc2)cc1. The second-order valence-electron chi connectivity index (χ2n) is 5.58. The van der Waals surface area contributed by atoms with Crippen LogP contribution in [0.3, 0.4) is 0 Å². The number of aliphatic hydroxyl groups is 1. The third kappa shape index (κ3) is 4.31. The van der Waals surface area contributed by atoms with Gasteiger partial charge in [0.05, 0.1) is 19.4 Å². The van der Waals surface area contributed by atoms with Crippen molar-refractivity contribution in [2.24, 2.45) is 0 Å². The smallest absolute Gasteiger partial charge is 0.142 e. The van der Waals surface area contributed by atoms with Crippen molar-refractivity contribution in [3.63, 3.8) is 0 Å². The van der Waals surface area contributed by atoms with Gasteiger partial charge in [0, 0.05) is 11.3 Å². The first-order valence-electron chi connectivity index (χ1n) is 8.10. The molecule has 0 radical (unpaired) electrons. The molecule has 0 atom stereocenters. The topological polar surface area (TPSA) is 50.7 Å².